The van der Waals surface area contributed by atoms with Gasteiger partial charge in [-0.3, -0.25) is 0 Å². The van der Waals surface area contributed by atoms with Gasteiger partial charge < -0.3 is 10.1 Å². The van der Waals surface area contributed by atoms with Gasteiger partial charge in [0.15, 0.2) is 0 Å². The Morgan fingerprint density at radius 3 is 3.06 bits per heavy atom. The average molecular weight is 223 g/mol. The maximum Gasteiger partial charge on any atom is 0.0590 e. The topological polar surface area (TPSA) is 21.3 Å². The Morgan fingerprint density at radius 2 is 2.44 bits per heavy atom. The molecule has 0 aliphatic carbocycles. The highest BCUT2D eigenvalue weighted by atomic mass is 16.5. The predicted molar refractivity (Wildman–Crippen MR) is 68.4 cm³/mol. The van der Waals surface area contributed by atoms with Gasteiger partial charge in [0.25, 0.3) is 0 Å². The van der Waals surface area contributed by atoms with Gasteiger partial charge in [-0.15, -0.1) is 12.3 Å². The van der Waals surface area contributed by atoms with Crippen LogP contribution >= 0.6 is 0 Å². The van der Waals surface area contributed by atoms with E-state index in [4.69, 9.17) is 11.2 Å². The molecule has 0 spiro atoms. The molecular weight excluding hydrogens is 198 g/mol. The second kappa shape index (κ2) is 8.61. The minimum Gasteiger partial charge on any atom is -0.378 e. The number of hydrogen-bond donors (Lipinski definition) is 1. The third-order valence-electron chi connectivity index (χ3n) is 3.13. The summed E-state index contributed by atoms with van der Waals surface area (Å²) in [4.78, 5) is 0. The molecule has 2 atom stereocenters. The summed E-state index contributed by atoms with van der Waals surface area (Å²) in [6, 6.07) is 0.594. The zero-order valence-corrected chi connectivity index (χ0v) is 10.5. The molecule has 1 rings (SSSR count). The fourth-order valence-electron chi connectivity index (χ4n) is 2.25. The molecule has 1 fully saturated rings. The number of terminal acetylenes is 1. The summed E-state index contributed by atoms with van der Waals surface area (Å²) in [6.45, 7) is 4.26. The Hall–Kier alpha value is -0.520. The van der Waals surface area contributed by atoms with Crippen molar-refractivity contribution >= 4 is 0 Å². The van der Waals surface area contributed by atoms with Gasteiger partial charge in [0.1, 0.15) is 0 Å². The van der Waals surface area contributed by atoms with Crippen molar-refractivity contribution in [3.8, 4) is 12.3 Å². The van der Waals surface area contributed by atoms with Crippen LogP contribution in [0.4, 0.5) is 0 Å². The van der Waals surface area contributed by atoms with Gasteiger partial charge in [-0.2, -0.15) is 0 Å². The van der Waals surface area contributed by atoms with E-state index >= 15 is 0 Å². The minimum absolute atomic E-state index is 0.486. The van der Waals surface area contributed by atoms with Crippen molar-refractivity contribution in [1.82, 2.24) is 5.32 Å². The van der Waals surface area contributed by atoms with Gasteiger partial charge in [-0.1, -0.05) is 6.92 Å². The Balaban J connectivity index is 2.21. The second-order valence-electron chi connectivity index (χ2n) is 4.62. The summed E-state index contributed by atoms with van der Waals surface area (Å²) < 4.78 is 5.69. The van der Waals surface area contributed by atoms with Crippen LogP contribution < -0.4 is 5.32 Å². The third kappa shape index (κ3) is 5.53. The summed E-state index contributed by atoms with van der Waals surface area (Å²) in [5, 5.41) is 3.61. The first-order chi connectivity index (χ1) is 7.86. The highest BCUT2D eigenvalue weighted by Crippen LogP contribution is 2.19. The lowest BCUT2D eigenvalue weighted by Crippen LogP contribution is -2.33. The van der Waals surface area contributed by atoms with E-state index in [2.05, 4.69) is 18.2 Å². The molecule has 0 saturated carbocycles. The number of ether oxygens (including phenoxy) is 1. The van der Waals surface area contributed by atoms with Crippen molar-refractivity contribution < 1.29 is 4.74 Å². The van der Waals surface area contributed by atoms with Crippen molar-refractivity contribution in [2.45, 2.75) is 64.0 Å². The van der Waals surface area contributed by atoms with Crippen molar-refractivity contribution in [2.24, 2.45) is 0 Å². The quantitative estimate of drug-likeness (QED) is 0.504. The SMILES string of the molecule is C#CCCCC(CC1CCCO1)NCCC. The molecule has 1 N–H and O–H groups in total. The lowest BCUT2D eigenvalue weighted by molar-refractivity contribution is 0.0934. The van der Waals surface area contributed by atoms with E-state index < -0.39 is 0 Å². The molecule has 92 valence electrons. The minimum atomic E-state index is 0.486. The van der Waals surface area contributed by atoms with E-state index in [0.29, 0.717) is 12.1 Å². The van der Waals surface area contributed by atoms with Crippen LogP contribution in [0.2, 0.25) is 0 Å². The summed E-state index contributed by atoms with van der Waals surface area (Å²) in [6.07, 6.45) is 13.8. The van der Waals surface area contributed by atoms with E-state index in [-0.39, 0.29) is 0 Å². The molecule has 2 nitrogen and oxygen atoms in total. The number of hydrogen-bond acceptors (Lipinski definition) is 2. The average Bonchev–Trinajstić information content (AvgIpc) is 2.78. The zero-order chi connectivity index (χ0) is 11.6. The van der Waals surface area contributed by atoms with Gasteiger partial charge in [0.05, 0.1) is 6.10 Å². The summed E-state index contributed by atoms with van der Waals surface area (Å²) in [7, 11) is 0. The van der Waals surface area contributed by atoms with Crippen LogP contribution in [0.3, 0.4) is 0 Å². The van der Waals surface area contributed by atoms with Gasteiger partial charge in [0.2, 0.25) is 0 Å². The van der Waals surface area contributed by atoms with Crippen molar-refractivity contribution in [1.29, 1.82) is 0 Å². The fourth-order valence-corrected chi connectivity index (χ4v) is 2.25. The molecule has 2 unspecified atom stereocenters. The first-order valence-corrected chi connectivity index (χ1v) is 6.65. The van der Waals surface area contributed by atoms with E-state index in [1.165, 1.54) is 25.7 Å². The van der Waals surface area contributed by atoms with Crippen LogP contribution in [0.1, 0.15) is 51.9 Å². The summed E-state index contributed by atoms with van der Waals surface area (Å²) >= 11 is 0. The van der Waals surface area contributed by atoms with Gasteiger partial charge >= 0.3 is 0 Å². The molecule has 0 aromatic rings. The van der Waals surface area contributed by atoms with Crippen LogP contribution in [0.5, 0.6) is 0 Å². The smallest absolute Gasteiger partial charge is 0.0590 e. The molecule has 0 bridgehead atoms. The largest absolute Gasteiger partial charge is 0.378 e. The highest BCUT2D eigenvalue weighted by Gasteiger charge is 2.19. The monoisotopic (exact) mass is 223 g/mol. The lowest BCUT2D eigenvalue weighted by atomic mass is 10.0. The lowest BCUT2D eigenvalue weighted by Gasteiger charge is -2.21. The first-order valence-electron chi connectivity index (χ1n) is 6.65. The highest BCUT2D eigenvalue weighted by molar-refractivity contribution is 4.84. The van der Waals surface area contributed by atoms with Crippen LogP contribution in [-0.4, -0.2) is 25.3 Å². The molecule has 0 aromatic carbocycles. The maximum atomic E-state index is 5.69. The molecule has 1 aliphatic rings. The van der Waals surface area contributed by atoms with Crippen molar-refractivity contribution in [2.75, 3.05) is 13.2 Å². The number of nitrogens with one attached hydrogen (secondary N) is 1. The zero-order valence-electron chi connectivity index (χ0n) is 10.5. The van der Waals surface area contributed by atoms with Crippen molar-refractivity contribution in [3.63, 3.8) is 0 Å². The molecule has 1 heterocycles. The Kier molecular flexibility index (Phi) is 7.29. The molecule has 2 heteroatoms. The molecule has 1 saturated heterocycles. The Morgan fingerprint density at radius 1 is 1.56 bits per heavy atom. The van der Waals surface area contributed by atoms with E-state index in [1.807, 2.05) is 0 Å². The third-order valence-corrected chi connectivity index (χ3v) is 3.13. The van der Waals surface area contributed by atoms with Crippen LogP contribution in [-0.2, 0) is 4.74 Å². The van der Waals surface area contributed by atoms with Crippen LogP contribution in [0, 0.1) is 12.3 Å². The molecule has 0 aromatic heterocycles. The molecule has 0 radical (unpaired) electrons. The molecular formula is C14H25NO. The summed E-state index contributed by atoms with van der Waals surface area (Å²) in [5.74, 6) is 2.71. The Bertz CT molecular complexity index is 203. The number of rotatable bonds is 8. The van der Waals surface area contributed by atoms with Gasteiger partial charge in [0, 0.05) is 19.1 Å². The first kappa shape index (κ1) is 13.5. The van der Waals surface area contributed by atoms with Crippen molar-refractivity contribution in [3.05, 3.63) is 0 Å². The van der Waals surface area contributed by atoms with Gasteiger partial charge in [-0.25, -0.2) is 0 Å². The Labute approximate surface area is 100 Å². The van der Waals surface area contributed by atoms with E-state index in [1.54, 1.807) is 0 Å². The number of unbranched alkanes of at least 4 members (excludes halogenated alkanes) is 1. The molecule has 0 amide bonds. The van der Waals surface area contributed by atoms with E-state index in [9.17, 15) is 0 Å². The predicted octanol–water partition coefficient (Wildman–Crippen LogP) is 2.73. The van der Waals surface area contributed by atoms with E-state index in [0.717, 1.165) is 32.4 Å². The van der Waals surface area contributed by atoms with Crippen LogP contribution in [0.25, 0.3) is 0 Å². The van der Waals surface area contributed by atoms with Gasteiger partial charge in [-0.05, 0) is 45.1 Å². The fraction of sp³-hybridized carbons (Fsp3) is 0.857. The van der Waals surface area contributed by atoms with Crippen LogP contribution in [0.15, 0.2) is 0 Å². The normalized spacial score (nSPS) is 21.9. The second-order valence-corrected chi connectivity index (χ2v) is 4.62. The summed E-state index contributed by atoms with van der Waals surface area (Å²) in [5.41, 5.74) is 0. The standard InChI is InChI=1S/C14H25NO/c1-3-5-6-8-13(15-10-4-2)12-14-9-7-11-16-14/h1,13-15H,4-12H2,2H3. The molecule has 1 aliphatic heterocycles. The molecule has 16 heavy (non-hydrogen) atoms. The maximum absolute atomic E-state index is 5.69.